The Bertz CT molecular complexity index is 1580. The molecule has 0 spiro atoms. The fourth-order valence-corrected chi connectivity index (χ4v) is 6.23. The minimum Gasteiger partial charge on any atom is -0.444 e. The highest BCUT2D eigenvalue weighted by molar-refractivity contribution is 7.13. The number of Topliss-reactive ketones (excluding diaryl/α,β-unsaturated/α-hetero) is 1. The van der Waals surface area contributed by atoms with Crippen LogP contribution in [0.25, 0.3) is 21.3 Å². The van der Waals surface area contributed by atoms with Crippen LogP contribution in [0.1, 0.15) is 61.0 Å². The van der Waals surface area contributed by atoms with Crippen LogP contribution in [0.2, 0.25) is 0 Å². The van der Waals surface area contributed by atoms with Crippen LogP contribution >= 0.6 is 11.3 Å². The molecule has 2 fully saturated rings. The standard InChI is InChI=1S/C33H38N4O4S/c1-33(2,3)41-32(39)35-28-9-8-23(30-5-4-16-42-30)17-24(28)20-29(38)25-18-26-21-34-37(11-10-36-12-14-40-15-13-36)31(26)27(19-25)22-6-7-22/h4-5,8-9,16-19,21-22H,6-7,10-15,20H2,1-3H3,(H,35,39). The highest BCUT2D eigenvalue weighted by Gasteiger charge is 2.29. The third-order valence-corrected chi connectivity index (χ3v) is 8.65. The van der Waals surface area contributed by atoms with Crippen LogP contribution in [-0.4, -0.2) is 65.0 Å². The van der Waals surface area contributed by atoms with Crippen molar-refractivity contribution in [2.75, 3.05) is 38.2 Å². The van der Waals surface area contributed by atoms with E-state index >= 15 is 0 Å². The molecule has 0 unspecified atom stereocenters. The number of morpholine rings is 1. The van der Waals surface area contributed by atoms with E-state index in [1.165, 1.54) is 5.56 Å². The summed E-state index contributed by atoms with van der Waals surface area (Å²) in [5, 5.41) is 10.6. The van der Waals surface area contributed by atoms with Gasteiger partial charge >= 0.3 is 6.09 Å². The second-order valence-electron chi connectivity index (χ2n) is 12.2. The maximum Gasteiger partial charge on any atom is 0.412 e. The molecule has 42 heavy (non-hydrogen) atoms. The molecule has 1 amide bonds. The van der Waals surface area contributed by atoms with Crippen molar-refractivity contribution in [1.82, 2.24) is 14.7 Å². The molecular formula is C33H38N4O4S. The number of thiophene rings is 1. The highest BCUT2D eigenvalue weighted by Crippen LogP contribution is 2.44. The SMILES string of the molecule is CC(C)(C)OC(=O)Nc1ccc(-c2cccs2)cc1CC(=O)c1cc(C2CC2)c2c(cnn2CCN2CCOCC2)c1. The average Bonchev–Trinajstić information content (AvgIpc) is 3.49. The number of rotatable bonds is 9. The zero-order valence-electron chi connectivity index (χ0n) is 24.5. The summed E-state index contributed by atoms with van der Waals surface area (Å²) in [5.74, 6) is 0.473. The first-order valence-corrected chi connectivity index (χ1v) is 15.6. The molecule has 0 radical (unpaired) electrons. The van der Waals surface area contributed by atoms with E-state index in [1.54, 1.807) is 11.3 Å². The lowest BCUT2D eigenvalue weighted by atomic mass is 9.95. The van der Waals surface area contributed by atoms with Crippen LogP contribution in [-0.2, 0) is 22.4 Å². The van der Waals surface area contributed by atoms with Gasteiger partial charge in [-0.3, -0.25) is 19.7 Å². The van der Waals surface area contributed by atoms with Crippen LogP contribution in [0.15, 0.2) is 54.0 Å². The van der Waals surface area contributed by atoms with Gasteiger partial charge in [-0.25, -0.2) is 4.79 Å². The fraction of sp³-hybridized carbons (Fsp3) is 0.424. The van der Waals surface area contributed by atoms with Crippen LogP contribution in [0, 0.1) is 0 Å². The monoisotopic (exact) mass is 586 g/mol. The molecule has 0 atom stereocenters. The fourth-order valence-electron chi connectivity index (χ4n) is 5.51. The topological polar surface area (TPSA) is 85.7 Å². The number of carbonyl (C=O) groups is 2. The van der Waals surface area contributed by atoms with Gasteiger partial charge in [-0.1, -0.05) is 12.1 Å². The third kappa shape index (κ3) is 6.75. The third-order valence-electron chi connectivity index (χ3n) is 7.73. The summed E-state index contributed by atoms with van der Waals surface area (Å²) in [6.45, 7) is 10.7. The van der Waals surface area contributed by atoms with Crippen molar-refractivity contribution >= 4 is 39.8 Å². The van der Waals surface area contributed by atoms with E-state index in [4.69, 9.17) is 14.6 Å². The van der Waals surface area contributed by atoms with Crippen LogP contribution < -0.4 is 5.32 Å². The number of carbonyl (C=O) groups excluding carboxylic acids is 2. The molecule has 2 aromatic carbocycles. The molecule has 2 aromatic heterocycles. The largest absolute Gasteiger partial charge is 0.444 e. The van der Waals surface area contributed by atoms with E-state index in [2.05, 4.69) is 27.0 Å². The number of hydrogen-bond acceptors (Lipinski definition) is 7. The van der Waals surface area contributed by atoms with Crippen molar-refractivity contribution in [3.63, 3.8) is 0 Å². The summed E-state index contributed by atoms with van der Waals surface area (Å²) < 4.78 is 13.1. The maximum absolute atomic E-state index is 13.9. The lowest BCUT2D eigenvalue weighted by Gasteiger charge is -2.26. The van der Waals surface area contributed by atoms with Gasteiger partial charge in [-0.15, -0.1) is 11.3 Å². The first-order valence-electron chi connectivity index (χ1n) is 14.7. The molecule has 220 valence electrons. The number of aromatic nitrogens is 2. The Morgan fingerprint density at radius 3 is 2.62 bits per heavy atom. The van der Waals surface area contributed by atoms with E-state index < -0.39 is 11.7 Å². The molecule has 2 aliphatic rings. The van der Waals surface area contributed by atoms with E-state index in [-0.39, 0.29) is 12.2 Å². The van der Waals surface area contributed by atoms with E-state index in [1.807, 2.05) is 62.7 Å². The number of benzene rings is 2. The molecule has 1 saturated heterocycles. The van der Waals surface area contributed by atoms with Gasteiger partial charge in [0.1, 0.15) is 5.60 Å². The molecule has 3 heterocycles. The molecule has 1 N–H and O–H groups in total. The Balaban J connectivity index is 1.27. The predicted molar refractivity (Wildman–Crippen MR) is 167 cm³/mol. The number of fused-ring (bicyclic) bond motifs is 1. The maximum atomic E-state index is 13.9. The zero-order chi connectivity index (χ0) is 29.3. The van der Waals surface area contributed by atoms with Crippen molar-refractivity contribution in [1.29, 1.82) is 0 Å². The molecular weight excluding hydrogens is 548 g/mol. The molecule has 1 saturated carbocycles. The second kappa shape index (κ2) is 12.0. The number of ketones is 1. The number of ether oxygens (including phenoxy) is 2. The smallest absolute Gasteiger partial charge is 0.412 e. The van der Waals surface area contributed by atoms with Gasteiger partial charge in [0.15, 0.2) is 5.78 Å². The minimum absolute atomic E-state index is 0.00966. The highest BCUT2D eigenvalue weighted by atomic mass is 32.1. The Morgan fingerprint density at radius 2 is 1.90 bits per heavy atom. The number of hydrogen-bond donors (Lipinski definition) is 1. The second-order valence-corrected chi connectivity index (χ2v) is 13.1. The quantitative estimate of drug-likeness (QED) is 0.219. The molecule has 1 aliphatic carbocycles. The van der Waals surface area contributed by atoms with E-state index in [0.29, 0.717) is 17.2 Å². The van der Waals surface area contributed by atoms with Crippen molar-refractivity contribution in [3.05, 3.63) is 70.7 Å². The molecule has 4 aromatic rings. The van der Waals surface area contributed by atoms with Crippen molar-refractivity contribution in [2.45, 2.75) is 58.1 Å². The zero-order valence-corrected chi connectivity index (χ0v) is 25.3. The molecule has 1 aliphatic heterocycles. The van der Waals surface area contributed by atoms with Gasteiger partial charge < -0.3 is 9.47 Å². The predicted octanol–water partition coefficient (Wildman–Crippen LogP) is 6.75. The van der Waals surface area contributed by atoms with Gasteiger partial charge in [0.25, 0.3) is 0 Å². The summed E-state index contributed by atoms with van der Waals surface area (Å²) in [6, 6.07) is 14.0. The minimum atomic E-state index is -0.627. The van der Waals surface area contributed by atoms with Gasteiger partial charge in [-0.2, -0.15) is 5.10 Å². The molecule has 0 bridgehead atoms. The molecule has 9 heteroatoms. The van der Waals surface area contributed by atoms with Gasteiger partial charge in [0.05, 0.1) is 31.5 Å². The molecule has 6 rings (SSSR count). The van der Waals surface area contributed by atoms with Crippen molar-refractivity contribution in [3.8, 4) is 10.4 Å². The lowest BCUT2D eigenvalue weighted by molar-refractivity contribution is 0.0361. The first-order chi connectivity index (χ1) is 20.2. The summed E-state index contributed by atoms with van der Waals surface area (Å²) >= 11 is 1.64. The van der Waals surface area contributed by atoms with E-state index in [9.17, 15) is 9.59 Å². The number of nitrogens with zero attached hydrogens (tertiary/aromatic N) is 3. The van der Waals surface area contributed by atoms with Crippen LogP contribution in [0.5, 0.6) is 0 Å². The Labute approximate surface area is 250 Å². The number of anilines is 1. The number of nitrogens with one attached hydrogen (secondary N) is 1. The van der Waals surface area contributed by atoms with Crippen molar-refractivity contribution < 1.29 is 19.1 Å². The Morgan fingerprint density at radius 1 is 1.10 bits per heavy atom. The number of amides is 1. The summed E-state index contributed by atoms with van der Waals surface area (Å²) in [4.78, 5) is 30.0. The normalized spacial score (nSPS) is 16.1. The summed E-state index contributed by atoms with van der Waals surface area (Å²) in [5.41, 5.74) is 4.77. The van der Waals surface area contributed by atoms with Crippen LogP contribution in [0.3, 0.4) is 0 Å². The van der Waals surface area contributed by atoms with Gasteiger partial charge in [0, 0.05) is 47.6 Å². The van der Waals surface area contributed by atoms with E-state index in [0.717, 1.165) is 79.1 Å². The summed E-state index contributed by atoms with van der Waals surface area (Å²) in [6.07, 6.45) is 3.78. The van der Waals surface area contributed by atoms with Gasteiger partial charge in [-0.05, 0) is 91.9 Å². The Kier molecular flexibility index (Phi) is 8.16. The van der Waals surface area contributed by atoms with Crippen molar-refractivity contribution in [2.24, 2.45) is 0 Å². The van der Waals surface area contributed by atoms with Crippen LogP contribution in [0.4, 0.5) is 10.5 Å². The van der Waals surface area contributed by atoms with Gasteiger partial charge in [0.2, 0.25) is 0 Å². The summed E-state index contributed by atoms with van der Waals surface area (Å²) in [7, 11) is 0. The molecule has 8 nitrogen and oxygen atoms in total. The Hall–Kier alpha value is -3.53. The first kappa shape index (κ1) is 28.6. The lowest BCUT2D eigenvalue weighted by Crippen LogP contribution is -2.38. The average molecular weight is 587 g/mol.